The van der Waals surface area contributed by atoms with Crippen LogP contribution in [0.5, 0.6) is 0 Å². The molecule has 7 nitrogen and oxygen atoms in total. The molecule has 0 N–H and O–H groups in total. The van der Waals surface area contributed by atoms with Gasteiger partial charge >= 0.3 is 0 Å². The number of azide groups is 1. The Morgan fingerprint density at radius 2 is 2.00 bits per heavy atom. The average molecular weight is 111 g/mol. The first kappa shape index (κ1) is 4.66. The van der Waals surface area contributed by atoms with Crippen molar-refractivity contribution in [1.29, 1.82) is 0 Å². The van der Waals surface area contributed by atoms with E-state index in [1.54, 1.807) is 0 Å². The first-order valence-electron chi connectivity index (χ1n) is 1.77. The van der Waals surface area contributed by atoms with Crippen LogP contribution in [0.2, 0.25) is 0 Å². The second kappa shape index (κ2) is 1.99. The lowest BCUT2D eigenvalue weighted by molar-refractivity contribution is 0.735. The molecule has 0 atom stereocenters. The van der Waals surface area contributed by atoms with E-state index < -0.39 is 6.29 Å². The lowest BCUT2D eigenvalue weighted by Gasteiger charge is -1.79. The summed E-state index contributed by atoms with van der Waals surface area (Å²) in [4.78, 5) is 2.44. The number of hydrogen-bond donors (Lipinski definition) is 0. The van der Waals surface area contributed by atoms with Crippen molar-refractivity contribution < 1.29 is 0 Å². The van der Waals surface area contributed by atoms with Crippen LogP contribution in [0.25, 0.3) is 10.4 Å². The molecule has 7 heteroatoms. The Morgan fingerprint density at radius 1 is 1.38 bits per heavy atom. The minimum absolute atomic E-state index is 0.764. The third-order valence-electron chi connectivity index (χ3n) is 0.505. The van der Waals surface area contributed by atoms with Crippen LogP contribution in [-0.2, 0) is 0 Å². The van der Waals surface area contributed by atoms with Crippen LogP contribution in [-0.4, -0.2) is 6.29 Å². The molecule has 0 saturated heterocycles. The third-order valence-corrected chi connectivity index (χ3v) is 0.505. The fourth-order valence-corrected chi connectivity index (χ4v) is 0.254. The van der Waals surface area contributed by atoms with Gasteiger partial charge in [-0.25, -0.2) is 0 Å². The van der Waals surface area contributed by atoms with Crippen molar-refractivity contribution in [3.63, 3.8) is 0 Å². The largest absolute Gasteiger partial charge is 0.263 e. The molecular weight excluding hydrogens is 110 g/mol. The predicted molar refractivity (Wildman–Crippen MR) is 22.6 cm³/mol. The van der Waals surface area contributed by atoms with Crippen molar-refractivity contribution >= 4 is 0 Å². The van der Waals surface area contributed by atoms with E-state index in [4.69, 9.17) is 5.53 Å². The molecule has 1 rings (SSSR count). The Labute approximate surface area is 43.7 Å². The van der Waals surface area contributed by atoms with Crippen LogP contribution in [0.3, 0.4) is 0 Å². The van der Waals surface area contributed by atoms with Gasteiger partial charge in [0.1, 0.15) is 0 Å². The molecule has 0 spiro atoms. The minimum atomic E-state index is -0.764. The van der Waals surface area contributed by atoms with Crippen molar-refractivity contribution in [3.8, 4) is 0 Å². The van der Waals surface area contributed by atoms with Crippen molar-refractivity contribution in [2.75, 3.05) is 0 Å². The maximum atomic E-state index is 7.78. The van der Waals surface area contributed by atoms with Gasteiger partial charge in [0, 0.05) is 4.91 Å². The maximum absolute atomic E-state index is 7.78. The van der Waals surface area contributed by atoms with Crippen LogP contribution in [0.1, 0.15) is 0 Å². The van der Waals surface area contributed by atoms with E-state index in [0.29, 0.717) is 0 Å². The minimum Gasteiger partial charge on any atom is -0.132 e. The Hall–Kier alpha value is -1.49. The second-order valence-corrected chi connectivity index (χ2v) is 0.961. The quantitative estimate of drug-likeness (QED) is 0.277. The summed E-state index contributed by atoms with van der Waals surface area (Å²) in [6.45, 7) is 0. The Morgan fingerprint density at radius 3 is 2.50 bits per heavy atom. The lowest BCUT2D eigenvalue weighted by Crippen LogP contribution is -1.84. The van der Waals surface area contributed by atoms with Gasteiger partial charge < -0.3 is 0 Å². The van der Waals surface area contributed by atoms with Gasteiger partial charge in [-0.3, -0.25) is 0 Å². The number of rotatable bonds is 1. The Kier molecular flexibility index (Phi) is 1.16. The third kappa shape index (κ3) is 0.767. The first-order valence-corrected chi connectivity index (χ1v) is 1.77. The van der Waals surface area contributed by atoms with Gasteiger partial charge in [-0.2, -0.15) is 0 Å². The van der Waals surface area contributed by atoms with Crippen molar-refractivity contribution in [3.05, 3.63) is 10.4 Å². The molecule has 40 valence electrons. The molecule has 1 heterocycles. The molecule has 0 aromatic carbocycles. The molecule has 1 aliphatic rings. The molecule has 0 radical (unpaired) electrons. The fraction of sp³-hybridized carbons (Fsp3) is 1.00. The molecule has 0 unspecified atom stereocenters. The topological polar surface area (TPSA) is 98.2 Å². The SMILES string of the molecule is [N-]=[N+]=NC1N=NN=N1. The highest BCUT2D eigenvalue weighted by molar-refractivity contribution is 4.57. The van der Waals surface area contributed by atoms with Gasteiger partial charge in [-0.1, -0.05) is 0 Å². The maximum Gasteiger partial charge on any atom is 0.263 e. The van der Waals surface area contributed by atoms with Crippen LogP contribution in [0.15, 0.2) is 25.8 Å². The van der Waals surface area contributed by atoms with E-state index in [0.717, 1.165) is 0 Å². The smallest absolute Gasteiger partial charge is 0.132 e. The van der Waals surface area contributed by atoms with Gasteiger partial charge in [0.05, 0.1) is 0 Å². The van der Waals surface area contributed by atoms with E-state index in [1.807, 2.05) is 0 Å². The summed E-state index contributed by atoms with van der Waals surface area (Å²) in [6, 6.07) is 0. The zero-order valence-corrected chi connectivity index (χ0v) is 3.71. The monoisotopic (exact) mass is 111 g/mol. The van der Waals surface area contributed by atoms with Crippen LogP contribution in [0.4, 0.5) is 0 Å². The molecule has 0 aromatic heterocycles. The zero-order chi connectivity index (χ0) is 5.82. The van der Waals surface area contributed by atoms with Crippen LogP contribution in [0, 0.1) is 0 Å². The van der Waals surface area contributed by atoms with Gasteiger partial charge in [-0.15, -0.1) is 10.2 Å². The van der Waals surface area contributed by atoms with E-state index in [-0.39, 0.29) is 0 Å². The van der Waals surface area contributed by atoms with E-state index in [2.05, 4.69) is 30.7 Å². The fourth-order valence-electron chi connectivity index (χ4n) is 0.254. The lowest BCUT2D eigenvalue weighted by atomic mass is 11.0. The average Bonchev–Trinajstić information content (AvgIpc) is 2.19. The highest BCUT2D eigenvalue weighted by Crippen LogP contribution is 2.04. The summed E-state index contributed by atoms with van der Waals surface area (Å²) in [5.41, 5.74) is 7.78. The molecule has 1 aliphatic heterocycles. The second-order valence-electron chi connectivity index (χ2n) is 0.961. The molecule has 8 heavy (non-hydrogen) atoms. The molecule has 0 bridgehead atoms. The van der Waals surface area contributed by atoms with Crippen LogP contribution < -0.4 is 0 Å². The number of nitrogens with zero attached hydrogens (tertiary/aromatic N) is 7. The molecule has 0 amide bonds. The summed E-state index contributed by atoms with van der Waals surface area (Å²) < 4.78 is 0. The first-order chi connectivity index (χ1) is 3.93. The summed E-state index contributed by atoms with van der Waals surface area (Å²) in [5, 5.41) is 15.9. The summed E-state index contributed by atoms with van der Waals surface area (Å²) >= 11 is 0. The summed E-state index contributed by atoms with van der Waals surface area (Å²) in [6.07, 6.45) is -0.764. The van der Waals surface area contributed by atoms with Crippen molar-refractivity contribution in [2.45, 2.75) is 6.29 Å². The van der Waals surface area contributed by atoms with Gasteiger partial charge in [0.25, 0.3) is 6.29 Å². The summed E-state index contributed by atoms with van der Waals surface area (Å²) in [7, 11) is 0. The standard InChI is InChI=1S/CHN7/c2-6-3-1-4-7-8-5-1/h1H. The van der Waals surface area contributed by atoms with Gasteiger partial charge in [-0.05, 0) is 21.1 Å². The number of hydrogen-bond acceptors (Lipinski definition) is 5. The summed E-state index contributed by atoms with van der Waals surface area (Å²) in [5.74, 6) is 0. The Balaban J connectivity index is 2.62. The highest BCUT2D eigenvalue weighted by atomic mass is 15.6. The van der Waals surface area contributed by atoms with Crippen LogP contribution >= 0.6 is 0 Å². The van der Waals surface area contributed by atoms with Gasteiger partial charge in [0.15, 0.2) is 0 Å². The highest BCUT2D eigenvalue weighted by Gasteiger charge is 2.02. The molecular formula is CHN7. The van der Waals surface area contributed by atoms with Crippen molar-refractivity contribution in [2.24, 2.45) is 25.8 Å². The van der Waals surface area contributed by atoms with E-state index >= 15 is 0 Å². The van der Waals surface area contributed by atoms with E-state index in [9.17, 15) is 0 Å². The zero-order valence-electron chi connectivity index (χ0n) is 3.71. The predicted octanol–water partition coefficient (Wildman–Crippen LogP) is 1.41. The normalized spacial score (nSPS) is 16.5. The van der Waals surface area contributed by atoms with E-state index in [1.165, 1.54) is 0 Å². The Bertz CT molecular complexity index is 159. The molecule has 0 aliphatic carbocycles. The molecule has 0 aromatic rings. The molecule has 0 saturated carbocycles. The van der Waals surface area contributed by atoms with Crippen molar-refractivity contribution in [1.82, 2.24) is 0 Å². The molecule has 0 fully saturated rings. The van der Waals surface area contributed by atoms with Gasteiger partial charge in [0.2, 0.25) is 0 Å².